The summed E-state index contributed by atoms with van der Waals surface area (Å²) < 4.78 is 0. The number of hydrogen-bond donors (Lipinski definition) is 0. The van der Waals surface area contributed by atoms with Crippen molar-refractivity contribution in [2.24, 2.45) is 5.41 Å². The predicted molar refractivity (Wildman–Crippen MR) is 81.7 cm³/mol. The van der Waals surface area contributed by atoms with Gasteiger partial charge in [-0.1, -0.05) is 81.4 Å². The lowest BCUT2D eigenvalue weighted by molar-refractivity contribution is 0.317. The summed E-state index contributed by atoms with van der Waals surface area (Å²) in [6.45, 7) is 6.96. The van der Waals surface area contributed by atoms with Crippen LogP contribution in [0.5, 0.6) is 0 Å². The van der Waals surface area contributed by atoms with Gasteiger partial charge in [0.1, 0.15) is 0 Å². The first-order chi connectivity index (χ1) is 8.46. The highest BCUT2D eigenvalue weighted by Crippen LogP contribution is 2.43. The smallest absolute Gasteiger partial charge is 0.0287 e. The monoisotopic (exact) mass is 253 g/mol. The fourth-order valence-electron chi connectivity index (χ4n) is 2.48. The van der Waals surface area contributed by atoms with Crippen LogP contribution in [-0.4, -0.2) is 10.2 Å². The quantitative estimate of drug-likeness (QED) is 0.717. The average molecular weight is 253 g/mol. The Morgan fingerprint density at radius 3 is 1.28 bits per heavy atom. The average Bonchev–Trinajstić information content (AvgIpc) is 2.38. The van der Waals surface area contributed by atoms with Crippen molar-refractivity contribution < 1.29 is 0 Å². The van der Waals surface area contributed by atoms with Crippen LogP contribution in [0.25, 0.3) is 0 Å². The van der Waals surface area contributed by atoms with Crippen molar-refractivity contribution in [2.75, 3.05) is 0 Å². The molecule has 2 rings (SSSR count). The van der Waals surface area contributed by atoms with Gasteiger partial charge in [-0.3, -0.25) is 0 Å². The lowest BCUT2D eigenvalue weighted by Gasteiger charge is -2.43. The molecule has 0 unspecified atom stereocenters. The lowest BCUT2D eigenvalue weighted by Crippen LogP contribution is -2.41. The minimum Gasteiger partial charge on any atom is -0.0622 e. The highest BCUT2D eigenvalue weighted by atomic mass is 28.1. The molecule has 0 fully saturated rings. The summed E-state index contributed by atoms with van der Waals surface area (Å²) in [5.74, 6) is 0. The fourth-order valence-corrected chi connectivity index (χ4v) is 2.95. The molecule has 0 spiro atoms. The van der Waals surface area contributed by atoms with E-state index in [1.54, 1.807) is 0 Å². The number of rotatable bonds is 2. The van der Waals surface area contributed by atoms with Crippen LogP contribution in [0.1, 0.15) is 31.9 Å². The third-order valence-electron chi connectivity index (χ3n) is 3.81. The minimum absolute atomic E-state index is 0.0511. The number of benzene rings is 2. The van der Waals surface area contributed by atoms with E-state index in [4.69, 9.17) is 0 Å². The molecule has 0 aliphatic carbocycles. The maximum Gasteiger partial charge on any atom is 0.0287 e. The van der Waals surface area contributed by atoms with Gasteiger partial charge in [0.15, 0.2) is 0 Å². The second-order valence-electron chi connectivity index (χ2n) is 5.89. The SMILES string of the molecule is CC(C)(C)C([SiH2])(c1ccccc1)c1ccccc1. The van der Waals surface area contributed by atoms with Crippen molar-refractivity contribution in [3.05, 3.63) is 71.8 Å². The van der Waals surface area contributed by atoms with Crippen LogP contribution in [-0.2, 0) is 5.04 Å². The topological polar surface area (TPSA) is 0 Å². The molecule has 0 saturated carbocycles. The molecule has 93 valence electrons. The van der Waals surface area contributed by atoms with Crippen LogP contribution >= 0.6 is 0 Å². The van der Waals surface area contributed by atoms with Gasteiger partial charge in [0.25, 0.3) is 0 Å². The second kappa shape index (κ2) is 4.73. The molecule has 0 N–H and O–H groups in total. The third-order valence-corrected chi connectivity index (χ3v) is 5.69. The van der Waals surface area contributed by atoms with Crippen molar-refractivity contribution in [2.45, 2.75) is 25.8 Å². The Morgan fingerprint density at radius 2 is 1.00 bits per heavy atom. The molecule has 0 bridgehead atoms. The first-order valence-electron chi connectivity index (χ1n) is 6.42. The van der Waals surface area contributed by atoms with Crippen LogP contribution < -0.4 is 0 Å². The van der Waals surface area contributed by atoms with Gasteiger partial charge in [0, 0.05) is 15.3 Å². The van der Waals surface area contributed by atoms with Gasteiger partial charge in [-0.15, -0.1) is 0 Å². The molecular formula is C17H21Si. The summed E-state index contributed by atoms with van der Waals surface area (Å²) in [5.41, 5.74) is 2.96. The largest absolute Gasteiger partial charge is 0.0622 e. The zero-order valence-corrected chi connectivity index (χ0v) is 12.9. The van der Waals surface area contributed by atoms with Crippen molar-refractivity contribution in [1.82, 2.24) is 0 Å². The third kappa shape index (κ3) is 2.15. The Balaban J connectivity index is 2.63. The van der Waals surface area contributed by atoms with E-state index in [0.29, 0.717) is 0 Å². The zero-order valence-electron chi connectivity index (χ0n) is 11.5. The van der Waals surface area contributed by atoms with Crippen LogP contribution in [0.15, 0.2) is 60.7 Å². The predicted octanol–water partition coefficient (Wildman–Crippen LogP) is 3.61. The van der Waals surface area contributed by atoms with Crippen molar-refractivity contribution in [1.29, 1.82) is 0 Å². The van der Waals surface area contributed by atoms with Crippen LogP contribution in [0.4, 0.5) is 0 Å². The molecule has 2 aromatic rings. The van der Waals surface area contributed by atoms with Gasteiger partial charge in [-0.2, -0.15) is 0 Å². The van der Waals surface area contributed by atoms with Crippen molar-refractivity contribution in [3.8, 4) is 0 Å². The Labute approximate surface area is 113 Å². The lowest BCUT2D eigenvalue weighted by atomic mass is 9.71. The van der Waals surface area contributed by atoms with Gasteiger partial charge in [-0.05, 0) is 16.5 Å². The van der Waals surface area contributed by atoms with E-state index in [0.717, 1.165) is 0 Å². The molecule has 0 heterocycles. The molecule has 0 saturated heterocycles. The van der Waals surface area contributed by atoms with E-state index in [-0.39, 0.29) is 10.5 Å². The first-order valence-corrected chi connectivity index (χ1v) is 7.13. The summed E-state index contributed by atoms with van der Waals surface area (Å²) >= 11 is 0. The Morgan fingerprint density at radius 1 is 0.667 bits per heavy atom. The zero-order chi connectivity index (χ0) is 13.2. The summed E-state index contributed by atoms with van der Waals surface area (Å²) in [6.07, 6.45) is 0. The Bertz CT molecular complexity index is 455. The van der Waals surface area contributed by atoms with Crippen molar-refractivity contribution in [3.63, 3.8) is 0 Å². The highest BCUT2D eigenvalue weighted by Gasteiger charge is 2.40. The standard InChI is InChI=1S/C17H21Si/c1-16(2,3)17(18,14-10-6-4-7-11-14)15-12-8-5-9-13-15/h4-13H,18H2,1-3H3. The maximum absolute atomic E-state index is 2.32. The molecule has 0 atom stereocenters. The minimum atomic E-state index is 0.0511. The van der Waals surface area contributed by atoms with Gasteiger partial charge >= 0.3 is 0 Å². The molecule has 18 heavy (non-hydrogen) atoms. The highest BCUT2D eigenvalue weighted by molar-refractivity contribution is 6.18. The summed E-state index contributed by atoms with van der Waals surface area (Å²) in [4.78, 5) is 0. The van der Waals surface area contributed by atoms with Crippen LogP contribution in [0.2, 0.25) is 0 Å². The molecule has 0 aliphatic rings. The Kier molecular flexibility index (Phi) is 3.44. The van der Waals surface area contributed by atoms with E-state index >= 15 is 0 Å². The molecule has 0 amide bonds. The van der Waals surface area contributed by atoms with Gasteiger partial charge in [0.2, 0.25) is 0 Å². The van der Waals surface area contributed by atoms with E-state index in [1.807, 2.05) is 0 Å². The molecular weight excluding hydrogens is 232 g/mol. The fraction of sp³-hybridized carbons (Fsp3) is 0.294. The van der Waals surface area contributed by atoms with Gasteiger partial charge < -0.3 is 0 Å². The molecule has 0 nitrogen and oxygen atoms in total. The first kappa shape index (κ1) is 13.1. The molecule has 0 aliphatic heterocycles. The van der Waals surface area contributed by atoms with Crippen LogP contribution in [0.3, 0.4) is 0 Å². The van der Waals surface area contributed by atoms with E-state index in [1.165, 1.54) is 11.1 Å². The molecule has 2 aromatic carbocycles. The summed E-state index contributed by atoms with van der Waals surface area (Å²) in [6, 6.07) is 21.7. The molecule has 1 radical (unpaired) electrons. The molecule has 0 aromatic heterocycles. The number of hydrogen-bond acceptors (Lipinski definition) is 0. The van der Waals surface area contributed by atoms with E-state index in [9.17, 15) is 0 Å². The van der Waals surface area contributed by atoms with Crippen molar-refractivity contribution >= 4 is 10.2 Å². The Hall–Kier alpha value is -1.34. The van der Waals surface area contributed by atoms with Gasteiger partial charge in [0.05, 0.1) is 0 Å². The maximum atomic E-state index is 2.32. The van der Waals surface area contributed by atoms with Gasteiger partial charge in [-0.25, -0.2) is 0 Å². The van der Waals surface area contributed by atoms with E-state index < -0.39 is 0 Å². The molecule has 1 heteroatoms. The normalized spacial score (nSPS) is 12.4. The second-order valence-corrected chi connectivity index (χ2v) is 6.95. The summed E-state index contributed by atoms with van der Waals surface area (Å²) in [5, 5.41) is 0.0511. The van der Waals surface area contributed by atoms with Crippen LogP contribution in [0, 0.1) is 5.41 Å². The van der Waals surface area contributed by atoms with E-state index in [2.05, 4.69) is 91.7 Å². The summed E-state index contributed by atoms with van der Waals surface area (Å²) in [7, 11) is 2.10.